The zero-order valence-electron chi connectivity index (χ0n) is 10.5. The third-order valence-electron chi connectivity index (χ3n) is 3.51. The van der Waals surface area contributed by atoms with Gasteiger partial charge in [-0.05, 0) is 46.5 Å². The van der Waals surface area contributed by atoms with Crippen LogP contribution in [0.5, 0.6) is 0 Å². The molecule has 1 amide bonds. The van der Waals surface area contributed by atoms with Crippen LogP contribution in [0.2, 0.25) is 0 Å². The first-order valence-electron chi connectivity index (χ1n) is 5.87. The molecule has 2 N–H and O–H groups in total. The molecule has 19 heavy (non-hydrogen) atoms. The van der Waals surface area contributed by atoms with Crippen molar-refractivity contribution in [2.24, 2.45) is 5.73 Å². The summed E-state index contributed by atoms with van der Waals surface area (Å²) < 4.78 is 0.734. The predicted octanol–water partition coefficient (Wildman–Crippen LogP) is 3.13. The van der Waals surface area contributed by atoms with E-state index in [0.29, 0.717) is 18.1 Å². The van der Waals surface area contributed by atoms with Crippen LogP contribution in [0.4, 0.5) is 0 Å². The van der Waals surface area contributed by atoms with Crippen molar-refractivity contribution < 1.29 is 4.79 Å². The highest BCUT2D eigenvalue weighted by atomic mass is 79.9. The highest BCUT2D eigenvalue weighted by molar-refractivity contribution is 9.10. The first-order valence-corrected chi connectivity index (χ1v) is 9.18. The number of rotatable bonds is 3. The molecule has 0 spiro atoms. The van der Waals surface area contributed by atoms with Crippen molar-refractivity contribution in [1.29, 1.82) is 0 Å². The van der Waals surface area contributed by atoms with E-state index in [9.17, 15) is 4.79 Å². The minimum atomic E-state index is -0.140. The van der Waals surface area contributed by atoms with Gasteiger partial charge in [-0.15, -0.1) is 11.3 Å². The summed E-state index contributed by atoms with van der Waals surface area (Å²) in [5.41, 5.74) is 5.85. The van der Waals surface area contributed by atoms with Gasteiger partial charge in [0, 0.05) is 17.6 Å². The van der Waals surface area contributed by atoms with E-state index >= 15 is 0 Å². The van der Waals surface area contributed by atoms with Gasteiger partial charge in [0.25, 0.3) is 5.91 Å². The molecule has 0 radical (unpaired) electrons. The van der Waals surface area contributed by atoms with Gasteiger partial charge in [-0.25, -0.2) is 0 Å². The van der Waals surface area contributed by atoms with Gasteiger partial charge in [-0.3, -0.25) is 4.79 Å². The lowest BCUT2D eigenvalue weighted by molar-refractivity contribution is 0.0723. The van der Waals surface area contributed by atoms with E-state index in [0.717, 1.165) is 22.2 Å². The molecule has 0 saturated carbocycles. The summed E-state index contributed by atoms with van der Waals surface area (Å²) in [6.45, 7) is 1.42. The smallest absolute Gasteiger partial charge is 0.265 e. The summed E-state index contributed by atoms with van der Waals surface area (Å²) in [6, 6.07) is 1.91. The fourth-order valence-electron chi connectivity index (χ4n) is 2.21. The number of nitrogens with two attached hydrogens (primary N) is 1. The average Bonchev–Trinajstić information content (AvgIpc) is 2.84. The summed E-state index contributed by atoms with van der Waals surface area (Å²) in [5.74, 6) is 0.0968. The number of thioether (sulfide) groups is 1. The SMILES string of the molecule is CSC1(C(N)=S)CCN(C(=O)c2sccc2Br)CC1. The summed E-state index contributed by atoms with van der Waals surface area (Å²) in [6.07, 6.45) is 3.70. The topological polar surface area (TPSA) is 46.3 Å². The van der Waals surface area contributed by atoms with Crippen molar-refractivity contribution in [3.05, 3.63) is 20.8 Å². The minimum absolute atomic E-state index is 0.0968. The van der Waals surface area contributed by atoms with Crippen LogP contribution in [-0.4, -0.2) is 39.9 Å². The van der Waals surface area contributed by atoms with Crippen LogP contribution in [0.15, 0.2) is 15.9 Å². The molecule has 104 valence electrons. The van der Waals surface area contributed by atoms with Gasteiger partial charge in [-0.1, -0.05) is 12.2 Å². The number of piperidine rings is 1. The molecule has 1 aliphatic heterocycles. The number of hydrogen-bond acceptors (Lipinski definition) is 4. The fourth-order valence-corrected chi connectivity index (χ4v) is 4.97. The number of thiophene rings is 1. The highest BCUT2D eigenvalue weighted by Crippen LogP contribution is 2.36. The predicted molar refractivity (Wildman–Crippen MR) is 90.2 cm³/mol. The Balaban J connectivity index is 2.06. The molecule has 0 unspecified atom stereocenters. The van der Waals surface area contributed by atoms with Gasteiger partial charge < -0.3 is 10.6 Å². The Kier molecular flexibility index (Phi) is 4.92. The van der Waals surface area contributed by atoms with Gasteiger partial charge in [-0.2, -0.15) is 11.8 Å². The first-order chi connectivity index (χ1) is 9.00. The molecule has 1 aromatic rings. The van der Waals surface area contributed by atoms with Crippen LogP contribution in [0.1, 0.15) is 22.5 Å². The summed E-state index contributed by atoms with van der Waals surface area (Å²) in [4.78, 5) is 15.6. The molecule has 2 rings (SSSR count). The van der Waals surface area contributed by atoms with E-state index < -0.39 is 0 Å². The second-order valence-electron chi connectivity index (χ2n) is 4.45. The third kappa shape index (κ3) is 2.99. The summed E-state index contributed by atoms with van der Waals surface area (Å²) in [7, 11) is 0. The summed E-state index contributed by atoms with van der Waals surface area (Å²) >= 11 is 11.8. The van der Waals surface area contributed by atoms with Gasteiger partial charge >= 0.3 is 0 Å². The second kappa shape index (κ2) is 6.11. The molecule has 2 heterocycles. The first kappa shape index (κ1) is 15.3. The van der Waals surface area contributed by atoms with Crippen LogP contribution in [-0.2, 0) is 0 Å². The number of carbonyl (C=O) groups excluding carboxylic acids is 1. The standard InChI is InChI=1S/C12H15BrN2OS3/c1-18-12(11(14)17)3-5-15(6-4-12)10(16)9-8(13)2-7-19-9/h2,7H,3-6H2,1H3,(H2,14,17). The van der Waals surface area contributed by atoms with E-state index in [1.165, 1.54) is 11.3 Å². The molecular weight excluding hydrogens is 364 g/mol. The maximum Gasteiger partial charge on any atom is 0.265 e. The van der Waals surface area contributed by atoms with Crippen molar-refractivity contribution in [1.82, 2.24) is 4.90 Å². The van der Waals surface area contributed by atoms with Crippen LogP contribution in [0.25, 0.3) is 0 Å². The van der Waals surface area contributed by atoms with Crippen LogP contribution < -0.4 is 5.73 Å². The lowest BCUT2D eigenvalue weighted by Gasteiger charge is -2.39. The average molecular weight is 379 g/mol. The number of amides is 1. The van der Waals surface area contributed by atoms with Crippen molar-refractivity contribution >= 4 is 62.1 Å². The van der Waals surface area contributed by atoms with Crippen molar-refractivity contribution in [3.8, 4) is 0 Å². The molecule has 0 atom stereocenters. The molecule has 0 bridgehead atoms. The van der Waals surface area contributed by atoms with Crippen molar-refractivity contribution in [3.63, 3.8) is 0 Å². The van der Waals surface area contributed by atoms with Crippen molar-refractivity contribution in [2.45, 2.75) is 17.6 Å². The number of thiocarbonyl (C=S) groups is 1. The quantitative estimate of drug-likeness (QED) is 0.820. The zero-order chi connectivity index (χ0) is 14.0. The highest BCUT2D eigenvalue weighted by Gasteiger charge is 2.38. The maximum absolute atomic E-state index is 12.4. The Morgan fingerprint density at radius 2 is 2.21 bits per heavy atom. The number of nitrogens with zero attached hydrogens (tertiary/aromatic N) is 1. The van der Waals surface area contributed by atoms with Crippen LogP contribution >= 0.6 is 51.2 Å². The number of halogens is 1. The van der Waals surface area contributed by atoms with Crippen LogP contribution in [0.3, 0.4) is 0 Å². The Bertz CT molecular complexity index is 495. The molecule has 1 saturated heterocycles. The van der Waals surface area contributed by atoms with Gasteiger partial charge in [0.1, 0.15) is 4.88 Å². The maximum atomic E-state index is 12.4. The molecule has 3 nitrogen and oxygen atoms in total. The Morgan fingerprint density at radius 1 is 1.58 bits per heavy atom. The molecular formula is C12H15BrN2OS3. The van der Waals surface area contributed by atoms with E-state index in [1.54, 1.807) is 11.8 Å². The second-order valence-corrected chi connectivity index (χ2v) is 7.85. The molecule has 1 fully saturated rings. The normalized spacial score (nSPS) is 18.3. The lowest BCUT2D eigenvalue weighted by Crippen LogP contribution is -2.50. The number of likely N-dealkylation sites (tertiary alicyclic amines) is 1. The van der Waals surface area contributed by atoms with Gasteiger partial charge in [0.05, 0.1) is 9.74 Å². The molecule has 7 heteroatoms. The van der Waals surface area contributed by atoms with E-state index in [2.05, 4.69) is 15.9 Å². The largest absolute Gasteiger partial charge is 0.392 e. The number of hydrogen-bond donors (Lipinski definition) is 1. The minimum Gasteiger partial charge on any atom is -0.392 e. The van der Waals surface area contributed by atoms with Crippen molar-refractivity contribution in [2.75, 3.05) is 19.3 Å². The fraction of sp³-hybridized carbons (Fsp3) is 0.500. The zero-order valence-corrected chi connectivity index (χ0v) is 14.6. The molecule has 0 aliphatic carbocycles. The number of carbonyl (C=O) groups is 1. The van der Waals surface area contributed by atoms with E-state index in [1.807, 2.05) is 22.6 Å². The lowest BCUT2D eigenvalue weighted by atomic mass is 9.95. The molecule has 1 aromatic heterocycles. The Labute approximate surface area is 135 Å². The van der Waals surface area contributed by atoms with E-state index in [-0.39, 0.29) is 10.7 Å². The Hall–Kier alpha value is -0.110. The Morgan fingerprint density at radius 3 is 2.63 bits per heavy atom. The monoisotopic (exact) mass is 378 g/mol. The molecule has 1 aliphatic rings. The summed E-state index contributed by atoms with van der Waals surface area (Å²) in [5, 5.41) is 1.92. The van der Waals surface area contributed by atoms with Gasteiger partial charge in [0.15, 0.2) is 0 Å². The van der Waals surface area contributed by atoms with E-state index in [4.69, 9.17) is 18.0 Å². The molecule has 0 aromatic carbocycles. The third-order valence-corrected chi connectivity index (χ3v) is 7.26. The van der Waals surface area contributed by atoms with Crippen LogP contribution in [0, 0.1) is 0 Å². The van der Waals surface area contributed by atoms with Gasteiger partial charge in [0.2, 0.25) is 0 Å².